The molecular formula is C10H13N3S. The molecule has 0 radical (unpaired) electrons. The van der Waals surface area contributed by atoms with Crippen LogP contribution >= 0.6 is 11.3 Å². The second kappa shape index (κ2) is 4.25. The maximum absolute atomic E-state index is 8.95. The first-order chi connectivity index (χ1) is 6.56. The van der Waals surface area contributed by atoms with E-state index in [-0.39, 0.29) is 0 Å². The van der Waals surface area contributed by atoms with E-state index in [9.17, 15) is 0 Å². The Hall–Kier alpha value is -1.34. The Labute approximate surface area is 88.3 Å². The van der Waals surface area contributed by atoms with Crippen molar-refractivity contribution in [1.29, 1.82) is 5.26 Å². The third kappa shape index (κ3) is 2.12. The van der Waals surface area contributed by atoms with Crippen LogP contribution in [0.3, 0.4) is 0 Å². The van der Waals surface area contributed by atoms with Gasteiger partial charge in [0.1, 0.15) is 11.1 Å². The van der Waals surface area contributed by atoms with Crippen molar-refractivity contribution in [1.82, 2.24) is 4.90 Å². The quantitative estimate of drug-likeness (QED) is 0.552. The molecule has 0 spiro atoms. The number of hydrogen-bond acceptors (Lipinski definition) is 3. The minimum absolute atomic E-state index is 0.700. The molecule has 14 heavy (non-hydrogen) atoms. The van der Waals surface area contributed by atoms with Gasteiger partial charge in [-0.25, -0.2) is 4.99 Å². The summed E-state index contributed by atoms with van der Waals surface area (Å²) in [5, 5.41) is 9.75. The molecule has 1 aromatic heterocycles. The van der Waals surface area contributed by atoms with Crippen LogP contribution in [-0.4, -0.2) is 25.3 Å². The fourth-order valence-corrected chi connectivity index (χ4v) is 1.95. The predicted octanol–water partition coefficient (Wildman–Crippen LogP) is 2.46. The van der Waals surface area contributed by atoms with Crippen LogP contribution in [0.1, 0.15) is 16.0 Å². The van der Waals surface area contributed by atoms with Crippen LogP contribution in [0.4, 0.5) is 5.00 Å². The summed E-state index contributed by atoms with van der Waals surface area (Å²) in [5.41, 5.74) is 1.74. The summed E-state index contributed by atoms with van der Waals surface area (Å²) in [6.07, 6.45) is 1.71. The average molecular weight is 207 g/mol. The molecule has 74 valence electrons. The topological polar surface area (TPSA) is 39.4 Å². The first-order valence-corrected chi connectivity index (χ1v) is 5.08. The molecule has 1 aromatic rings. The molecule has 0 bridgehead atoms. The van der Waals surface area contributed by atoms with Gasteiger partial charge in [0, 0.05) is 19.0 Å². The second-order valence-electron chi connectivity index (χ2n) is 3.28. The highest BCUT2D eigenvalue weighted by Crippen LogP contribution is 2.33. The zero-order chi connectivity index (χ0) is 10.7. The zero-order valence-electron chi connectivity index (χ0n) is 8.83. The minimum atomic E-state index is 0.700. The van der Waals surface area contributed by atoms with Crippen molar-refractivity contribution in [2.45, 2.75) is 13.8 Å². The molecule has 0 atom stereocenters. The number of aryl methyl sites for hydroxylation is 1. The van der Waals surface area contributed by atoms with Crippen molar-refractivity contribution in [3.05, 3.63) is 16.0 Å². The van der Waals surface area contributed by atoms with Gasteiger partial charge in [0.25, 0.3) is 0 Å². The van der Waals surface area contributed by atoms with Crippen LogP contribution in [0.2, 0.25) is 0 Å². The molecule has 4 heteroatoms. The molecule has 1 rings (SSSR count). The van der Waals surface area contributed by atoms with E-state index in [4.69, 9.17) is 5.26 Å². The predicted molar refractivity (Wildman–Crippen MR) is 60.3 cm³/mol. The Morgan fingerprint density at radius 3 is 2.57 bits per heavy atom. The first-order valence-electron chi connectivity index (χ1n) is 4.27. The van der Waals surface area contributed by atoms with Gasteiger partial charge in [0.2, 0.25) is 0 Å². The molecule has 0 aliphatic rings. The van der Waals surface area contributed by atoms with Crippen LogP contribution in [0.15, 0.2) is 4.99 Å². The minimum Gasteiger partial charge on any atom is -0.369 e. The number of hydrogen-bond donors (Lipinski definition) is 0. The summed E-state index contributed by atoms with van der Waals surface area (Å²) in [7, 11) is 3.81. The van der Waals surface area contributed by atoms with Crippen molar-refractivity contribution in [3.63, 3.8) is 0 Å². The number of aliphatic imine (C=N–C) groups is 1. The fraction of sp³-hybridized carbons (Fsp3) is 0.400. The summed E-state index contributed by atoms with van der Waals surface area (Å²) < 4.78 is 0. The highest BCUT2D eigenvalue weighted by molar-refractivity contribution is 7.16. The Morgan fingerprint density at radius 1 is 1.43 bits per heavy atom. The van der Waals surface area contributed by atoms with Gasteiger partial charge in [-0.2, -0.15) is 5.26 Å². The van der Waals surface area contributed by atoms with Crippen molar-refractivity contribution in [3.8, 4) is 6.07 Å². The largest absolute Gasteiger partial charge is 0.369 e. The van der Waals surface area contributed by atoms with E-state index in [2.05, 4.69) is 11.1 Å². The number of rotatable bonds is 2. The third-order valence-electron chi connectivity index (χ3n) is 1.88. The Balaban J connectivity index is 3.11. The molecule has 0 N–H and O–H groups in total. The van der Waals surface area contributed by atoms with Gasteiger partial charge in [-0.15, -0.1) is 11.3 Å². The molecule has 0 aliphatic carbocycles. The van der Waals surface area contributed by atoms with Gasteiger partial charge >= 0.3 is 0 Å². The average Bonchev–Trinajstić information content (AvgIpc) is 2.39. The van der Waals surface area contributed by atoms with Crippen molar-refractivity contribution < 1.29 is 0 Å². The van der Waals surface area contributed by atoms with E-state index in [1.807, 2.05) is 32.8 Å². The summed E-state index contributed by atoms with van der Waals surface area (Å²) in [6.45, 7) is 3.97. The molecule has 0 aromatic carbocycles. The Bertz CT molecular complexity index is 396. The van der Waals surface area contributed by atoms with E-state index in [0.29, 0.717) is 5.56 Å². The number of nitrogens with zero attached hydrogens (tertiary/aromatic N) is 3. The first kappa shape index (κ1) is 10.7. The van der Waals surface area contributed by atoms with Crippen LogP contribution in [-0.2, 0) is 0 Å². The van der Waals surface area contributed by atoms with Crippen LogP contribution in [0.25, 0.3) is 0 Å². The number of thiophene rings is 1. The molecule has 0 unspecified atom stereocenters. The molecule has 0 saturated carbocycles. The van der Waals surface area contributed by atoms with E-state index in [1.165, 1.54) is 0 Å². The molecule has 0 aliphatic heterocycles. The van der Waals surface area contributed by atoms with Crippen LogP contribution in [0, 0.1) is 25.2 Å². The van der Waals surface area contributed by atoms with Gasteiger partial charge in [-0.1, -0.05) is 0 Å². The van der Waals surface area contributed by atoms with E-state index >= 15 is 0 Å². The monoisotopic (exact) mass is 207 g/mol. The van der Waals surface area contributed by atoms with Gasteiger partial charge in [-0.3, -0.25) is 0 Å². The summed E-state index contributed by atoms with van der Waals surface area (Å²) >= 11 is 1.56. The van der Waals surface area contributed by atoms with E-state index in [1.54, 1.807) is 17.7 Å². The normalized spacial score (nSPS) is 10.5. The van der Waals surface area contributed by atoms with Gasteiger partial charge < -0.3 is 4.90 Å². The zero-order valence-corrected chi connectivity index (χ0v) is 9.64. The summed E-state index contributed by atoms with van der Waals surface area (Å²) in [5.74, 6) is 0. The standard InChI is InChI=1S/C10H13N3S/c1-7-8(2)14-10(9(7)5-11)12-6-13(3)4/h6H,1-4H3. The van der Waals surface area contributed by atoms with E-state index < -0.39 is 0 Å². The molecular weight excluding hydrogens is 194 g/mol. The molecule has 0 amide bonds. The Kier molecular flexibility index (Phi) is 3.26. The SMILES string of the molecule is Cc1sc(N=CN(C)C)c(C#N)c1C. The smallest absolute Gasteiger partial charge is 0.136 e. The lowest BCUT2D eigenvalue weighted by molar-refractivity contribution is 0.643. The van der Waals surface area contributed by atoms with Gasteiger partial charge in [0.15, 0.2) is 0 Å². The summed E-state index contributed by atoms with van der Waals surface area (Å²) in [6, 6.07) is 2.19. The van der Waals surface area contributed by atoms with Crippen molar-refractivity contribution in [2.75, 3.05) is 14.1 Å². The maximum Gasteiger partial charge on any atom is 0.136 e. The fourth-order valence-electron chi connectivity index (χ4n) is 1.000. The molecule has 0 saturated heterocycles. The highest BCUT2D eigenvalue weighted by Gasteiger charge is 2.10. The van der Waals surface area contributed by atoms with E-state index in [0.717, 1.165) is 15.4 Å². The molecule has 1 heterocycles. The highest BCUT2D eigenvalue weighted by atomic mass is 32.1. The van der Waals surface area contributed by atoms with Crippen LogP contribution < -0.4 is 0 Å². The van der Waals surface area contributed by atoms with Crippen molar-refractivity contribution in [2.24, 2.45) is 4.99 Å². The maximum atomic E-state index is 8.95. The lowest BCUT2D eigenvalue weighted by Gasteiger charge is -2.00. The van der Waals surface area contributed by atoms with Crippen molar-refractivity contribution >= 4 is 22.7 Å². The van der Waals surface area contributed by atoms with Gasteiger partial charge in [0.05, 0.1) is 11.9 Å². The van der Waals surface area contributed by atoms with Gasteiger partial charge in [-0.05, 0) is 19.4 Å². The lowest BCUT2D eigenvalue weighted by Crippen LogP contribution is -2.06. The second-order valence-corrected chi connectivity index (χ2v) is 4.49. The molecule has 0 fully saturated rings. The summed E-state index contributed by atoms with van der Waals surface area (Å²) in [4.78, 5) is 7.27. The number of nitriles is 1. The third-order valence-corrected chi connectivity index (χ3v) is 3.00. The molecule has 3 nitrogen and oxygen atoms in total. The van der Waals surface area contributed by atoms with Crippen LogP contribution in [0.5, 0.6) is 0 Å². The Morgan fingerprint density at radius 2 is 2.07 bits per heavy atom. The lowest BCUT2D eigenvalue weighted by atomic mass is 10.2.